The number of pyridine rings is 1. The number of benzene rings is 5. The van der Waals surface area contributed by atoms with Crippen LogP contribution in [0.25, 0.3) is 66.2 Å². The van der Waals surface area contributed by atoms with Crippen molar-refractivity contribution in [1.29, 1.82) is 10.5 Å². The van der Waals surface area contributed by atoms with Gasteiger partial charge in [-0.2, -0.15) is 19.3 Å². The van der Waals surface area contributed by atoms with Gasteiger partial charge in [-0.05, 0) is 35.4 Å². The fourth-order valence-corrected chi connectivity index (χ4v) is 5.91. The number of fused-ring (bicyclic) bond motifs is 5. The van der Waals surface area contributed by atoms with Gasteiger partial charge in [0.15, 0.2) is 23.3 Å². The van der Waals surface area contributed by atoms with Crippen molar-refractivity contribution in [3.63, 3.8) is 0 Å². The summed E-state index contributed by atoms with van der Waals surface area (Å²) < 4.78 is 67.3. The normalized spacial score (nSPS) is 11.2. The Labute approximate surface area is 244 Å². The maximum atomic E-state index is 14.8. The molecule has 0 N–H and O–H groups in total. The van der Waals surface area contributed by atoms with Crippen molar-refractivity contribution >= 4 is 44.4 Å². The third kappa shape index (κ3) is 4.00. The maximum absolute atomic E-state index is 14.8. The van der Waals surface area contributed by atoms with Crippen molar-refractivity contribution in [3.05, 3.63) is 113 Å². The third-order valence-electron chi connectivity index (χ3n) is 7.32. The number of hydrogen-bond acceptors (Lipinski definition) is 6. The SMILES string of the molecule is N#Cc1cccc(-c2nc3ccccc3c3c2cc(-c2ccc(-c4c(F)c(F)c(C#N)c(F)c4F)cc2)c2nsnc23)c1. The molecule has 0 aliphatic rings. The van der Waals surface area contributed by atoms with Crippen LogP contribution in [0.3, 0.4) is 0 Å². The molecule has 5 nitrogen and oxygen atoms in total. The summed E-state index contributed by atoms with van der Waals surface area (Å²) in [5.41, 5.74) is 2.71. The molecule has 0 amide bonds. The lowest BCUT2D eigenvalue weighted by Crippen LogP contribution is -2.03. The number of nitrogens with zero attached hydrogens (tertiary/aromatic N) is 5. The lowest BCUT2D eigenvalue weighted by molar-refractivity contribution is 0.454. The van der Waals surface area contributed by atoms with E-state index >= 15 is 0 Å². The smallest absolute Gasteiger partial charge is 0.180 e. The fraction of sp³-hybridized carbons (Fsp3) is 0. The van der Waals surface area contributed by atoms with Crippen LogP contribution in [0, 0.1) is 45.9 Å². The molecule has 7 rings (SSSR count). The molecule has 0 atom stereocenters. The second-order valence-corrected chi connectivity index (χ2v) is 10.2. The van der Waals surface area contributed by atoms with Crippen molar-refractivity contribution in [2.75, 3.05) is 0 Å². The van der Waals surface area contributed by atoms with E-state index in [1.54, 1.807) is 30.3 Å². The maximum Gasteiger partial charge on any atom is 0.180 e. The van der Waals surface area contributed by atoms with E-state index in [2.05, 4.69) is 14.8 Å². The van der Waals surface area contributed by atoms with Crippen LogP contribution in [-0.2, 0) is 0 Å². The lowest BCUT2D eigenvalue weighted by atomic mass is 9.93. The Kier molecular flexibility index (Phi) is 6.08. The lowest BCUT2D eigenvalue weighted by Gasteiger charge is -2.14. The quantitative estimate of drug-likeness (QED) is 0.117. The van der Waals surface area contributed by atoms with Crippen LogP contribution in [0.2, 0.25) is 0 Å². The summed E-state index contributed by atoms with van der Waals surface area (Å²) in [7, 11) is 0. The Morgan fingerprint density at radius 2 is 1.33 bits per heavy atom. The summed E-state index contributed by atoms with van der Waals surface area (Å²) >= 11 is 1.03. The van der Waals surface area contributed by atoms with Crippen molar-refractivity contribution in [2.45, 2.75) is 0 Å². The standard InChI is InChI=1S/C33H13F4N5S/c34-27-23(15-39)28(35)30(37)25(29(27)36)18-10-8-17(9-11-18)21-13-22-26(33-32(21)41-43-42-33)20-6-1-2-7-24(20)40-31(22)19-5-3-4-16(12-19)14-38/h1-13H. The van der Waals surface area contributed by atoms with Gasteiger partial charge < -0.3 is 0 Å². The Balaban J connectivity index is 1.48. The zero-order valence-electron chi connectivity index (χ0n) is 21.7. The van der Waals surface area contributed by atoms with Crippen LogP contribution in [0.15, 0.2) is 78.9 Å². The van der Waals surface area contributed by atoms with Crippen LogP contribution >= 0.6 is 11.7 Å². The summed E-state index contributed by atoms with van der Waals surface area (Å²) in [6, 6.07) is 25.8. The van der Waals surface area contributed by atoms with Gasteiger partial charge in [0.2, 0.25) is 0 Å². The molecule has 0 radical (unpaired) electrons. The number of nitriles is 2. The first kappa shape index (κ1) is 26.2. The molecular formula is C33H13F4N5S. The molecule has 0 aliphatic carbocycles. The molecule has 0 spiro atoms. The van der Waals surface area contributed by atoms with E-state index in [0.717, 1.165) is 45.0 Å². The minimum absolute atomic E-state index is 0.115. The van der Waals surface area contributed by atoms with Gasteiger partial charge in [0.25, 0.3) is 0 Å². The van der Waals surface area contributed by atoms with Gasteiger partial charge in [0, 0.05) is 27.3 Å². The molecule has 0 fully saturated rings. The minimum atomic E-state index is -1.75. The van der Waals surface area contributed by atoms with E-state index in [1.807, 2.05) is 36.4 Å². The topological polar surface area (TPSA) is 86.2 Å². The van der Waals surface area contributed by atoms with Crippen LogP contribution in [0.4, 0.5) is 17.6 Å². The molecule has 43 heavy (non-hydrogen) atoms. The van der Waals surface area contributed by atoms with E-state index in [4.69, 9.17) is 10.2 Å². The Hall–Kier alpha value is -5.71. The largest absolute Gasteiger partial charge is 0.247 e. The van der Waals surface area contributed by atoms with E-state index in [-0.39, 0.29) is 5.56 Å². The predicted octanol–water partition coefficient (Wildman–Crippen LogP) is 8.69. The van der Waals surface area contributed by atoms with Gasteiger partial charge in [0.1, 0.15) is 22.7 Å². The molecular weight excluding hydrogens is 574 g/mol. The highest BCUT2D eigenvalue weighted by Gasteiger charge is 2.26. The van der Waals surface area contributed by atoms with Gasteiger partial charge in [-0.25, -0.2) is 22.5 Å². The van der Waals surface area contributed by atoms with Crippen molar-refractivity contribution in [3.8, 4) is 45.6 Å². The minimum Gasteiger partial charge on any atom is -0.247 e. The van der Waals surface area contributed by atoms with E-state index in [1.165, 1.54) is 12.1 Å². The molecule has 7 aromatic rings. The summed E-state index contributed by atoms with van der Waals surface area (Å²) in [5, 5.41) is 20.9. The average Bonchev–Trinajstić information content (AvgIpc) is 3.54. The zero-order valence-corrected chi connectivity index (χ0v) is 22.5. The van der Waals surface area contributed by atoms with Gasteiger partial charge in [-0.3, -0.25) is 0 Å². The highest BCUT2D eigenvalue weighted by molar-refractivity contribution is 7.00. The second kappa shape index (κ2) is 9.98. The molecule has 0 aliphatic heterocycles. The van der Waals surface area contributed by atoms with Crippen LogP contribution in [0.1, 0.15) is 11.1 Å². The third-order valence-corrected chi connectivity index (χ3v) is 7.85. The Bertz CT molecular complexity index is 2340. The monoisotopic (exact) mass is 587 g/mol. The molecule has 10 heteroatoms. The van der Waals surface area contributed by atoms with Crippen molar-refractivity contribution in [2.24, 2.45) is 0 Å². The predicted molar refractivity (Wildman–Crippen MR) is 156 cm³/mol. The number of hydrogen-bond donors (Lipinski definition) is 0. The molecule has 0 saturated heterocycles. The van der Waals surface area contributed by atoms with Crippen molar-refractivity contribution in [1.82, 2.24) is 13.7 Å². The Morgan fingerprint density at radius 3 is 2.05 bits per heavy atom. The van der Waals surface area contributed by atoms with Gasteiger partial charge >= 0.3 is 0 Å². The van der Waals surface area contributed by atoms with Crippen molar-refractivity contribution < 1.29 is 17.6 Å². The van der Waals surface area contributed by atoms with Gasteiger partial charge in [-0.15, -0.1) is 0 Å². The first-order valence-electron chi connectivity index (χ1n) is 12.8. The first-order valence-corrected chi connectivity index (χ1v) is 13.5. The fourth-order valence-electron chi connectivity index (χ4n) is 5.34. The number of halogens is 4. The first-order chi connectivity index (χ1) is 20.9. The Morgan fingerprint density at radius 1 is 0.628 bits per heavy atom. The number of aromatic nitrogens is 3. The molecule has 2 heterocycles. The van der Waals surface area contributed by atoms with E-state index in [0.29, 0.717) is 33.4 Å². The van der Waals surface area contributed by atoms with Gasteiger partial charge in [-0.1, -0.05) is 54.6 Å². The number of para-hydroxylation sites is 1. The summed E-state index contributed by atoms with van der Waals surface area (Å²) in [5.74, 6) is -6.81. The molecule has 0 saturated carbocycles. The van der Waals surface area contributed by atoms with E-state index in [9.17, 15) is 22.8 Å². The summed E-state index contributed by atoms with van der Waals surface area (Å²) in [6.07, 6.45) is 0. The molecule has 204 valence electrons. The van der Waals surface area contributed by atoms with Crippen LogP contribution in [0.5, 0.6) is 0 Å². The second-order valence-electron chi connectivity index (χ2n) is 9.67. The molecule has 0 bridgehead atoms. The van der Waals surface area contributed by atoms with E-state index < -0.39 is 34.4 Å². The molecule has 2 aromatic heterocycles. The summed E-state index contributed by atoms with van der Waals surface area (Å²) in [4.78, 5) is 4.95. The molecule has 0 unspecified atom stereocenters. The highest BCUT2D eigenvalue weighted by atomic mass is 32.1. The highest BCUT2D eigenvalue weighted by Crippen LogP contribution is 2.41. The van der Waals surface area contributed by atoms with Crippen LogP contribution < -0.4 is 0 Å². The molecule has 5 aromatic carbocycles. The van der Waals surface area contributed by atoms with Gasteiger partial charge in [0.05, 0.1) is 40.1 Å². The summed E-state index contributed by atoms with van der Waals surface area (Å²) in [6.45, 7) is 0. The zero-order chi connectivity index (χ0) is 29.8. The van der Waals surface area contributed by atoms with Crippen LogP contribution in [-0.4, -0.2) is 13.7 Å². The number of rotatable bonds is 3. The average molecular weight is 588 g/mol.